The maximum Gasteiger partial charge on any atom is 0.328 e. The first-order chi connectivity index (χ1) is 10.5. The summed E-state index contributed by atoms with van der Waals surface area (Å²) in [6.07, 6.45) is 5.17. The molecule has 5 heteroatoms. The van der Waals surface area contributed by atoms with Crippen molar-refractivity contribution in [2.75, 3.05) is 7.11 Å². The Morgan fingerprint density at radius 3 is 2.59 bits per heavy atom. The van der Waals surface area contributed by atoms with Gasteiger partial charge in [-0.3, -0.25) is 4.79 Å². The molecule has 0 radical (unpaired) electrons. The fourth-order valence-electron chi connectivity index (χ4n) is 4.06. The van der Waals surface area contributed by atoms with Gasteiger partial charge in [-0.15, -0.1) is 0 Å². The van der Waals surface area contributed by atoms with Crippen LogP contribution in [0.5, 0.6) is 0 Å². The largest absolute Gasteiger partial charge is 0.467 e. The highest BCUT2D eigenvalue weighted by Crippen LogP contribution is 2.40. The summed E-state index contributed by atoms with van der Waals surface area (Å²) in [7, 11) is 3.30. The molecule has 3 atom stereocenters. The highest BCUT2D eigenvalue weighted by molar-refractivity contribution is 5.96. The van der Waals surface area contributed by atoms with E-state index < -0.39 is 6.04 Å². The normalized spacial score (nSPS) is 27.6. The van der Waals surface area contributed by atoms with Crippen molar-refractivity contribution in [3.8, 4) is 0 Å². The Kier molecular flexibility index (Phi) is 3.98. The van der Waals surface area contributed by atoms with Crippen molar-refractivity contribution in [2.24, 2.45) is 13.0 Å². The summed E-state index contributed by atoms with van der Waals surface area (Å²) in [6, 6.07) is 3.54. The van der Waals surface area contributed by atoms with Crippen LogP contribution in [0.4, 0.5) is 0 Å². The van der Waals surface area contributed by atoms with Crippen molar-refractivity contribution in [3.05, 3.63) is 23.5 Å². The van der Waals surface area contributed by atoms with Crippen LogP contribution < -0.4 is 0 Å². The van der Waals surface area contributed by atoms with Gasteiger partial charge in [0, 0.05) is 18.8 Å². The number of carbonyl (C=O) groups excluding carboxylic acids is 2. The van der Waals surface area contributed by atoms with Crippen LogP contribution in [0.1, 0.15) is 48.3 Å². The lowest BCUT2D eigenvalue weighted by Crippen LogP contribution is -2.47. The topological polar surface area (TPSA) is 51.5 Å². The van der Waals surface area contributed by atoms with E-state index in [1.807, 2.05) is 35.6 Å². The number of nitrogens with zero attached hydrogens (tertiary/aromatic N) is 2. The van der Waals surface area contributed by atoms with Gasteiger partial charge in [-0.25, -0.2) is 4.79 Å². The summed E-state index contributed by atoms with van der Waals surface area (Å²) in [4.78, 5) is 27.0. The van der Waals surface area contributed by atoms with E-state index in [1.54, 1.807) is 0 Å². The molecule has 1 aliphatic carbocycles. The van der Waals surface area contributed by atoms with Gasteiger partial charge in [0.25, 0.3) is 5.91 Å². The van der Waals surface area contributed by atoms with Crippen molar-refractivity contribution in [3.63, 3.8) is 0 Å². The zero-order valence-corrected chi connectivity index (χ0v) is 13.5. The molecule has 2 aliphatic rings. The predicted molar refractivity (Wildman–Crippen MR) is 82.5 cm³/mol. The number of likely N-dealkylation sites (tertiary alicyclic amines) is 1. The number of esters is 1. The van der Waals surface area contributed by atoms with Crippen molar-refractivity contribution >= 4 is 11.9 Å². The van der Waals surface area contributed by atoms with Crippen molar-refractivity contribution < 1.29 is 14.3 Å². The van der Waals surface area contributed by atoms with Gasteiger partial charge in [0.2, 0.25) is 0 Å². The van der Waals surface area contributed by atoms with E-state index in [2.05, 4.69) is 0 Å². The summed E-state index contributed by atoms with van der Waals surface area (Å²) in [5, 5.41) is 0. The number of methoxy groups -OCH3 is 1. The molecule has 1 aliphatic heterocycles. The minimum atomic E-state index is -0.430. The van der Waals surface area contributed by atoms with E-state index in [9.17, 15) is 9.59 Å². The van der Waals surface area contributed by atoms with Crippen LogP contribution >= 0.6 is 0 Å². The van der Waals surface area contributed by atoms with Crippen molar-refractivity contribution in [2.45, 2.75) is 51.1 Å². The molecular formula is C17H24N2O3. The second-order valence-corrected chi connectivity index (χ2v) is 6.52. The fourth-order valence-corrected chi connectivity index (χ4v) is 4.06. The van der Waals surface area contributed by atoms with Crippen LogP contribution in [0.25, 0.3) is 0 Å². The molecule has 1 saturated heterocycles. The second-order valence-electron chi connectivity index (χ2n) is 6.52. The average Bonchev–Trinajstić information content (AvgIpc) is 3.07. The number of ether oxygens (including phenoxy) is 1. The monoisotopic (exact) mass is 304 g/mol. The lowest BCUT2D eigenvalue weighted by molar-refractivity contribution is -0.145. The summed E-state index contributed by atoms with van der Waals surface area (Å²) in [6.45, 7) is 1.97. The van der Waals surface area contributed by atoms with Crippen LogP contribution in [0.3, 0.4) is 0 Å². The Hall–Kier alpha value is -1.78. The minimum absolute atomic E-state index is 0.0413. The third-order valence-corrected chi connectivity index (χ3v) is 5.39. The second kappa shape index (κ2) is 5.78. The first kappa shape index (κ1) is 15.1. The van der Waals surface area contributed by atoms with Gasteiger partial charge in [0.1, 0.15) is 11.7 Å². The van der Waals surface area contributed by atoms with Crippen molar-refractivity contribution in [1.82, 2.24) is 9.47 Å². The predicted octanol–water partition coefficient (Wildman–Crippen LogP) is 2.28. The first-order valence-electron chi connectivity index (χ1n) is 8.07. The number of fused-ring (bicyclic) bond motifs is 1. The molecule has 1 saturated carbocycles. The van der Waals surface area contributed by atoms with Crippen LogP contribution in [-0.4, -0.2) is 40.5 Å². The highest BCUT2D eigenvalue weighted by atomic mass is 16.5. The van der Waals surface area contributed by atoms with E-state index in [-0.39, 0.29) is 17.9 Å². The number of amides is 1. The highest BCUT2D eigenvalue weighted by Gasteiger charge is 2.48. The fraction of sp³-hybridized carbons (Fsp3) is 0.647. The molecule has 0 bridgehead atoms. The van der Waals surface area contributed by atoms with E-state index in [0.717, 1.165) is 31.4 Å². The standard InChI is InChI=1S/C17H24N2O3/c1-11-8-9-14(18(11)2)16(20)19-13-7-5-4-6-12(13)10-15(19)17(21)22-3/h8-9,12-13,15H,4-7,10H2,1-3H3/t12-,13+,15-/m0/s1. The Labute approximate surface area is 131 Å². The molecule has 2 heterocycles. The molecule has 0 aromatic carbocycles. The molecule has 0 unspecified atom stereocenters. The van der Waals surface area contributed by atoms with Crippen LogP contribution in [-0.2, 0) is 16.6 Å². The smallest absolute Gasteiger partial charge is 0.328 e. The summed E-state index contributed by atoms with van der Waals surface area (Å²) >= 11 is 0. The molecule has 1 aromatic heterocycles. The molecule has 120 valence electrons. The number of carbonyl (C=O) groups is 2. The number of aryl methyl sites for hydroxylation is 1. The quantitative estimate of drug-likeness (QED) is 0.788. The molecule has 1 amide bonds. The number of hydrogen-bond donors (Lipinski definition) is 0. The van der Waals surface area contributed by atoms with Gasteiger partial charge in [-0.2, -0.15) is 0 Å². The molecule has 3 rings (SSSR count). The van der Waals surface area contributed by atoms with Gasteiger partial charge < -0.3 is 14.2 Å². The third kappa shape index (κ3) is 2.32. The molecule has 0 spiro atoms. The Balaban J connectivity index is 1.94. The molecule has 5 nitrogen and oxygen atoms in total. The van der Waals surface area contributed by atoms with E-state index in [4.69, 9.17) is 4.74 Å². The first-order valence-corrected chi connectivity index (χ1v) is 8.07. The van der Waals surface area contributed by atoms with Gasteiger partial charge >= 0.3 is 5.97 Å². The number of hydrogen-bond acceptors (Lipinski definition) is 3. The summed E-state index contributed by atoms with van der Waals surface area (Å²) in [5.41, 5.74) is 1.69. The minimum Gasteiger partial charge on any atom is -0.467 e. The molecule has 1 aromatic rings. The van der Waals surface area contributed by atoms with E-state index in [1.165, 1.54) is 13.5 Å². The Morgan fingerprint density at radius 2 is 1.95 bits per heavy atom. The summed E-state index contributed by atoms with van der Waals surface area (Å²) in [5.74, 6) is 0.109. The van der Waals surface area contributed by atoms with Crippen molar-refractivity contribution in [1.29, 1.82) is 0 Å². The van der Waals surface area contributed by atoms with Crippen LogP contribution in [0.15, 0.2) is 12.1 Å². The maximum atomic E-state index is 13.1. The van der Waals surface area contributed by atoms with E-state index in [0.29, 0.717) is 11.6 Å². The maximum absolute atomic E-state index is 13.1. The zero-order chi connectivity index (χ0) is 15.9. The zero-order valence-electron chi connectivity index (χ0n) is 13.5. The third-order valence-electron chi connectivity index (χ3n) is 5.39. The Bertz CT molecular complexity index is 593. The Morgan fingerprint density at radius 1 is 1.23 bits per heavy atom. The molecule has 2 fully saturated rings. The number of aromatic nitrogens is 1. The molecule has 22 heavy (non-hydrogen) atoms. The SMILES string of the molecule is COC(=O)[C@@H]1C[C@@H]2CCCC[C@H]2N1C(=O)c1ccc(C)n1C. The van der Waals surface area contributed by atoms with Crippen LogP contribution in [0, 0.1) is 12.8 Å². The van der Waals surface area contributed by atoms with Gasteiger partial charge in [0.05, 0.1) is 7.11 Å². The summed E-state index contributed by atoms with van der Waals surface area (Å²) < 4.78 is 6.85. The molecular weight excluding hydrogens is 280 g/mol. The van der Waals surface area contributed by atoms with Gasteiger partial charge in [-0.05, 0) is 44.2 Å². The average molecular weight is 304 g/mol. The van der Waals surface area contributed by atoms with Crippen LogP contribution in [0.2, 0.25) is 0 Å². The lowest BCUT2D eigenvalue weighted by Gasteiger charge is -2.33. The van der Waals surface area contributed by atoms with E-state index >= 15 is 0 Å². The van der Waals surface area contributed by atoms with Gasteiger partial charge in [0.15, 0.2) is 0 Å². The van der Waals surface area contributed by atoms with Gasteiger partial charge in [-0.1, -0.05) is 12.8 Å². The lowest BCUT2D eigenvalue weighted by atomic mass is 9.84. The molecule has 0 N–H and O–H groups in total. The number of rotatable bonds is 2.